The Hall–Kier alpha value is -1.14. The molecule has 1 aliphatic carbocycles. The van der Waals surface area contributed by atoms with Gasteiger partial charge in [-0.2, -0.15) is 0 Å². The summed E-state index contributed by atoms with van der Waals surface area (Å²) in [5.41, 5.74) is 0. The van der Waals surface area contributed by atoms with Gasteiger partial charge in [-0.3, -0.25) is 4.79 Å². The third kappa shape index (κ3) is 3.67. The summed E-state index contributed by atoms with van der Waals surface area (Å²) in [7, 11) is 0. The molecule has 0 bridgehead atoms. The van der Waals surface area contributed by atoms with Crippen LogP contribution in [0.3, 0.4) is 0 Å². The van der Waals surface area contributed by atoms with E-state index in [0.29, 0.717) is 19.1 Å². The van der Waals surface area contributed by atoms with E-state index in [0.717, 1.165) is 0 Å². The molecule has 1 saturated heterocycles. The second kappa shape index (κ2) is 5.46. The average Bonchev–Trinajstić information content (AvgIpc) is 3.13. The smallest absolute Gasteiger partial charge is 0.334 e. The summed E-state index contributed by atoms with van der Waals surface area (Å²) in [6.45, 7) is 1.50. The van der Waals surface area contributed by atoms with Crippen molar-refractivity contribution < 1.29 is 24.2 Å². The highest BCUT2D eigenvalue weighted by Gasteiger charge is 2.29. The number of hydrogen-bond donors (Lipinski definition) is 1. The maximum atomic E-state index is 11.7. The molecule has 1 saturated carbocycles. The van der Waals surface area contributed by atoms with Gasteiger partial charge in [0.05, 0.1) is 19.8 Å². The lowest BCUT2D eigenvalue weighted by atomic mass is 10.2. The van der Waals surface area contributed by atoms with Crippen molar-refractivity contribution in [3.05, 3.63) is 0 Å². The third-order valence-electron chi connectivity index (χ3n) is 2.97. The number of morpholine rings is 1. The normalized spacial score (nSPS) is 24.7. The summed E-state index contributed by atoms with van der Waals surface area (Å²) in [4.78, 5) is 24.0. The third-order valence-corrected chi connectivity index (χ3v) is 2.97. The Kier molecular flexibility index (Phi) is 3.96. The fraction of sp³-hybridized carbons (Fsp3) is 0.818. The van der Waals surface area contributed by atoms with Gasteiger partial charge in [0.2, 0.25) is 5.91 Å². The molecule has 1 amide bonds. The highest BCUT2D eigenvalue weighted by Crippen LogP contribution is 2.28. The first-order chi connectivity index (χ1) is 8.16. The monoisotopic (exact) mass is 243 g/mol. The fourth-order valence-electron chi connectivity index (χ4n) is 1.71. The van der Waals surface area contributed by atoms with Gasteiger partial charge in [0.15, 0.2) is 6.10 Å². The van der Waals surface area contributed by atoms with Crippen LogP contribution in [0.15, 0.2) is 0 Å². The highest BCUT2D eigenvalue weighted by atomic mass is 16.5. The zero-order valence-electron chi connectivity index (χ0n) is 9.63. The molecular weight excluding hydrogens is 226 g/mol. The fourth-order valence-corrected chi connectivity index (χ4v) is 1.71. The summed E-state index contributed by atoms with van der Waals surface area (Å²) >= 11 is 0. The maximum Gasteiger partial charge on any atom is 0.334 e. The van der Waals surface area contributed by atoms with Crippen molar-refractivity contribution >= 4 is 11.9 Å². The molecule has 2 fully saturated rings. The summed E-state index contributed by atoms with van der Waals surface area (Å²) in [5, 5.41) is 8.80. The number of carbonyl (C=O) groups is 2. The van der Waals surface area contributed by atoms with Gasteiger partial charge in [-0.15, -0.1) is 0 Å². The standard InChI is InChI=1S/C11H17NO5/c13-10(7-16-6-8-1-2-8)12-3-4-17-9(5-12)11(14)15/h8-9H,1-7H2,(H,14,15)/t9-/m1/s1. The molecule has 0 unspecified atom stereocenters. The van der Waals surface area contributed by atoms with E-state index in [4.69, 9.17) is 14.6 Å². The van der Waals surface area contributed by atoms with Crippen molar-refractivity contribution in [2.75, 3.05) is 32.9 Å². The molecular formula is C11H17NO5. The van der Waals surface area contributed by atoms with Gasteiger partial charge >= 0.3 is 5.97 Å². The molecule has 0 aromatic carbocycles. The molecule has 0 aromatic heterocycles. The van der Waals surface area contributed by atoms with Crippen LogP contribution in [0.5, 0.6) is 0 Å². The van der Waals surface area contributed by atoms with Crippen LogP contribution >= 0.6 is 0 Å². The molecule has 6 nitrogen and oxygen atoms in total. The lowest BCUT2D eigenvalue weighted by molar-refractivity contribution is -0.160. The number of carbonyl (C=O) groups excluding carboxylic acids is 1. The van der Waals surface area contributed by atoms with Gasteiger partial charge in [0, 0.05) is 6.54 Å². The van der Waals surface area contributed by atoms with Crippen LogP contribution in [0.25, 0.3) is 0 Å². The van der Waals surface area contributed by atoms with E-state index in [1.165, 1.54) is 17.7 Å². The number of aliphatic carboxylic acids is 1. The number of carboxylic acids is 1. The Labute approximate surface area is 99.5 Å². The maximum absolute atomic E-state index is 11.7. The molecule has 1 aliphatic heterocycles. The summed E-state index contributed by atoms with van der Waals surface area (Å²) in [6.07, 6.45) is 1.47. The zero-order valence-corrected chi connectivity index (χ0v) is 9.63. The SMILES string of the molecule is O=C(O)[C@H]1CN(C(=O)COCC2CC2)CCO1. The molecule has 17 heavy (non-hydrogen) atoms. The van der Waals surface area contributed by atoms with Crippen molar-refractivity contribution in [3.63, 3.8) is 0 Å². The number of ether oxygens (including phenoxy) is 2. The topological polar surface area (TPSA) is 76.1 Å². The van der Waals surface area contributed by atoms with Crippen molar-refractivity contribution in [2.45, 2.75) is 18.9 Å². The number of rotatable bonds is 5. The number of carboxylic acid groups (broad SMARTS) is 1. The number of hydrogen-bond acceptors (Lipinski definition) is 4. The largest absolute Gasteiger partial charge is 0.479 e. The van der Waals surface area contributed by atoms with Crippen LogP contribution in [0, 0.1) is 5.92 Å². The van der Waals surface area contributed by atoms with Crippen molar-refractivity contribution in [3.8, 4) is 0 Å². The average molecular weight is 243 g/mol. The first kappa shape index (κ1) is 12.3. The lowest BCUT2D eigenvalue weighted by Gasteiger charge is -2.30. The zero-order chi connectivity index (χ0) is 12.3. The van der Waals surface area contributed by atoms with Crippen molar-refractivity contribution in [1.29, 1.82) is 0 Å². The highest BCUT2D eigenvalue weighted by molar-refractivity contribution is 5.79. The van der Waals surface area contributed by atoms with Gasteiger partial charge < -0.3 is 19.5 Å². The van der Waals surface area contributed by atoms with Gasteiger partial charge in [-0.05, 0) is 18.8 Å². The minimum atomic E-state index is -1.03. The van der Waals surface area contributed by atoms with Gasteiger partial charge in [-0.1, -0.05) is 0 Å². The Morgan fingerprint density at radius 1 is 1.41 bits per heavy atom. The molecule has 1 N–H and O–H groups in total. The Bertz CT molecular complexity index is 302. The van der Waals surface area contributed by atoms with Gasteiger partial charge in [0.25, 0.3) is 0 Å². The van der Waals surface area contributed by atoms with E-state index in [9.17, 15) is 9.59 Å². The second-order valence-electron chi connectivity index (χ2n) is 4.50. The first-order valence-corrected chi connectivity index (χ1v) is 5.86. The summed E-state index contributed by atoms with van der Waals surface area (Å²) < 4.78 is 10.3. The van der Waals surface area contributed by atoms with Crippen molar-refractivity contribution in [1.82, 2.24) is 4.90 Å². The molecule has 2 rings (SSSR count). The number of nitrogens with zero attached hydrogens (tertiary/aromatic N) is 1. The summed E-state index contributed by atoms with van der Waals surface area (Å²) in [6, 6.07) is 0. The van der Waals surface area contributed by atoms with E-state index >= 15 is 0 Å². The van der Waals surface area contributed by atoms with Gasteiger partial charge in [-0.25, -0.2) is 4.79 Å². The van der Waals surface area contributed by atoms with E-state index in [1.54, 1.807) is 0 Å². The molecule has 1 heterocycles. The minimum absolute atomic E-state index is 0.0445. The van der Waals surface area contributed by atoms with Crippen LogP contribution in [-0.2, 0) is 19.1 Å². The molecule has 96 valence electrons. The minimum Gasteiger partial charge on any atom is -0.479 e. The van der Waals surface area contributed by atoms with Crippen molar-refractivity contribution in [2.24, 2.45) is 5.92 Å². The van der Waals surface area contributed by atoms with E-state index in [-0.39, 0.29) is 25.7 Å². The van der Waals surface area contributed by atoms with Crippen LogP contribution in [-0.4, -0.2) is 60.9 Å². The molecule has 0 radical (unpaired) electrons. The molecule has 6 heteroatoms. The second-order valence-corrected chi connectivity index (χ2v) is 4.50. The summed E-state index contributed by atoms with van der Waals surface area (Å²) in [5.74, 6) is -0.555. The molecule has 0 spiro atoms. The van der Waals surface area contributed by atoms with Crippen LogP contribution in [0.4, 0.5) is 0 Å². The molecule has 2 aliphatic rings. The Balaban J connectivity index is 1.71. The Morgan fingerprint density at radius 2 is 2.18 bits per heavy atom. The predicted molar refractivity (Wildman–Crippen MR) is 57.5 cm³/mol. The van der Waals surface area contributed by atoms with E-state index in [2.05, 4.69) is 0 Å². The van der Waals surface area contributed by atoms with E-state index in [1.807, 2.05) is 0 Å². The lowest BCUT2D eigenvalue weighted by Crippen LogP contribution is -2.49. The van der Waals surface area contributed by atoms with Gasteiger partial charge in [0.1, 0.15) is 6.61 Å². The molecule has 1 atom stereocenters. The first-order valence-electron chi connectivity index (χ1n) is 5.86. The van der Waals surface area contributed by atoms with Crippen LogP contribution < -0.4 is 0 Å². The molecule has 0 aromatic rings. The predicted octanol–water partition coefficient (Wildman–Crippen LogP) is -0.275. The quantitative estimate of drug-likeness (QED) is 0.719. The Morgan fingerprint density at radius 3 is 2.82 bits per heavy atom. The van der Waals surface area contributed by atoms with E-state index < -0.39 is 12.1 Å². The number of amides is 1. The van der Waals surface area contributed by atoms with Crippen LogP contribution in [0.2, 0.25) is 0 Å². The van der Waals surface area contributed by atoms with Crippen LogP contribution in [0.1, 0.15) is 12.8 Å².